The van der Waals surface area contributed by atoms with E-state index in [1.165, 1.54) is 0 Å². The first-order chi connectivity index (χ1) is 11.2. The summed E-state index contributed by atoms with van der Waals surface area (Å²) in [4.78, 5) is 21.4. The molecule has 1 N–H and O–H groups in total. The summed E-state index contributed by atoms with van der Waals surface area (Å²) in [6.45, 7) is 0. The number of hydrogen-bond donors (Lipinski definition) is 1. The zero-order chi connectivity index (χ0) is 16.2. The number of amides is 1. The van der Waals surface area contributed by atoms with Crippen LogP contribution in [0.3, 0.4) is 0 Å². The fraction of sp³-hybridized carbons (Fsp3) is 0.111. The summed E-state index contributed by atoms with van der Waals surface area (Å²) in [5.74, 6) is 0.389. The number of nitrogens with zero attached hydrogens (tertiary/aromatic N) is 2. The van der Waals surface area contributed by atoms with Crippen molar-refractivity contribution in [2.75, 3.05) is 19.1 Å². The Morgan fingerprint density at radius 2 is 1.87 bits per heavy atom. The van der Waals surface area contributed by atoms with Crippen molar-refractivity contribution in [2.24, 2.45) is 0 Å². The molecule has 5 heteroatoms. The van der Waals surface area contributed by atoms with Crippen LogP contribution in [0.5, 0.6) is 5.88 Å². The Labute approximate surface area is 134 Å². The third kappa shape index (κ3) is 3.08. The quantitative estimate of drug-likeness (QED) is 0.804. The lowest BCUT2D eigenvalue weighted by Gasteiger charge is -2.16. The number of carbonyl (C=O) groups excluding carboxylic acids is 1. The Kier molecular flexibility index (Phi) is 4.10. The van der Waals surface area contributed by atoms with Gasteiger partial charge in [0.05, 0.1) is 19.0 Å². The number of anilines is 1. The van der Waals surface area contributed by atoms with E-state index in [9.17, 15) is 4.79 Å². The van der Waals surface area contributed by atoms with Gasteiger partial charge in [-0.05, 0) is 23.8 Å². The molecule has 3 rings (SSSR count). The average molecular weight is 307 g/mol. The number of ether oxygens (including phenoxy) is 1. The lowest BCUT2D eigenvalue weighted by atomic mass is 10.2. The molecule has 23 heavy (non-hydrogen) atoms. The molecule has 2 heterocycles. The molecule has 0 aliphatic carbocycles. The predicted octanol–water partition coefficient (Wildman–Crippen LogP) is 3.36. The summed E-state index contributed by atoms with van der Waals surface area (Å²) in [5, 5.41) is 0. The number of methoxy groups -OCH3 is 1. The van der Waals surface area contributed by atoms with Gasteiger partial charge in [0.25, 0.3) is 5.91 Å². The van der Waals surface area contributed by atoms with Gasteiger partial charge < -0.3 is 14.6 Å². The van der Waals surface area contributed by atoms with E-state index in [-0.39, 0.29) is 5.91 Å². The summed E-state index contributed by atoms with van der Waals surface area (Å²) >= 11 is 0. The van der Waals surface area contributed by atoms with Crippen molar-refractivity contribution in [3.8, 4) is 17.1 Å². The van der Waals surface area contributed by atoms with Crippen molar-refractivity contribution >= 4 is 11.6 Å². The van der Waals surface area contributed by atoms with Crippen molar-refractivity contribution in [2.45, 2.75) is 0 Å². The molecule has 0 unspecified atom stereocenters. The van der Waals surface area contributed by atoms with E-state index in [1.807, 2.05) is 36.4 Å². The monoisotopic (exact) mass is 307 g/mol. The SMILES string of the molecule is COc1ccc(N(C)C(=O)c2ccc(-c3ccccc3)[nH]2)cn1. The molecule has 0 radical (unpaired) electrons. The second kappa shape index (κ2) is 6.36. The average Bonchev–Trinajstić information content (AvgIpc) is 3.11. The van der Waals surface area contributed by atoms with Crippen molar-refractivity contribution in [3.63, 3.8) is 0 Å². The van der Waals surface area contributed by atoms with Gasteiger partial charge in [-0.1, -0.05) is 30.3 Å². The van der Waals surface area contributed by atoms with Crippen LogP contribution < -0.4 is 9.64 Å². The number of aromatic amines is 1. The standard InChI is InChI=1S/C18H17N3O2/c1-21(14-8-11-17(23-2)19-12-14)18(22)16-10-9-15(20-16)13-6-4-3-5-7-13/h3-12,20H,1-2H3. The van der Waals surface area contributed by atoms with Gasteiger partial charge in [-0.2, -0.15) is 0 Å². The molecule has 116 valence electrons. The zero-order valence-electron chi connectivity index (χ0n) is 13.0. The van der Waals surface area contributed by atoms with Crippen LogP contribution in [0.2, 0.25) is 0 Å². The second-order valence-corrected chi connectivity index (χ2v) is 5.07. The van der Waals surface area contributed by atoms with Crippen LogP contribution in [0.15, 0.2) is 60.8 Å². The maximum absolute atomic E-state index is 12.6. The number of hydrogen-bond acceptors (Lipinski definition) is 3. The Balaban J connectivity index is 1.81. The molecule has 0 aliphatic heterocycles. The van der Waals surface area contributed by atoms with E-state index in [0.717, 1.165) is 11.3 Å². The lowest BCUT2D eigenvalue weighted by Crippen LogP contribution is -2.26. The highest BCUT2D eigenvalue weighted by Crippen LogP contribution is 2.21. The maximum Gasteiger partial charge on any atom is 0.274 e. The number of H-pyrrole nitrogens is 1. The van der Waals surface area contributed by atoms with E-state index in [1.54, 1.807) is 43.5 Å². The predicted molar refractivity (Wildman–Crippen MR) is 89.8 cm³/mol. The summed E-state index contributed by atoms with van der Waals surface area (Å²) in [7, 11) is 3.27. The molecule has 0 spiro atoms. The van der Waals surface area contributed by atoms with Crippen LogP contribution in [0.25, 0.3) is 11.3 Å². The van der Waals surface area contributed by atoms with Crippen LogP contribution in [0.4, 0.5) is 5.69 Å². The summed E-state index contributed by atoms with van der Waals surface area (Å²) in [6, 6.07) is 17.1. The smallest absolute Gasteiger partial charge is 0.274 e. The van der Waals surface area contributed by atoms with Crippen LogP contribution in [0, 0.1) is 0 Å². The molecule has 0 saturated heterocycles. The number of aromatic nitrogens is 2. The Bertz CT molecular complexity index is 795. The van der Waals surface area contributed by atoms with Gasteiger partial charge in [-0.25, -0.2) is 4.98 Å². The largest absolute Gasteiger partial charge is 0.481 e. The molecular formula is C18H17N3O2. The van der Waals surface area contributed by atoms with E-state index < -0.39 is 0 Å². The van der Waals surface area contributed by atoms with Gasteiger partial charge in [0.1, 0.15) is 5.69 Å². The first-order valence-corrected chi connectivity index (χ1v) is 7.21. The van der Waals surface area contributed by atoms with Crippen molar-refractivity contribution in [1.29, 1.82) is 0 Å². The van der Waals surface area contributed by atoms with Crippen molar-refractivity contribution in [1.82, 2.24) is 9.97 Å². The molecule has 3 aromatic rings. The number of pyridine rings is 1. The third-order valence-electron chi connectivity index (χ3n) is 3.62. The highest BCUT2D eigenvalue weighted by Gasteiger charge is 2.16. The highest BCUT2D eigenvalue weighted by molar-refractivity contribution is 6.04. The molecule has 0 saturated carbocycles. The van der Waals surface area contributed by atoms with Gasteiger partial charge in [0, 0.05) is 18.8 Å². The van der Waals surface area contributed by atoms with Crippen LogP contribution >= 0.6 is 0 Å². The molecule has 0 atom stereocenters. The molecule has 0 fully saturated rings. The molecule has 0 aliphatic rings. The van der Waals surface area contributed by atoms with E-state index >= 15 is 0 Å². The Morgan fingerprint density at radius 3 is 2.52 bits per heavy atom. The summed E-state index contributed by atoms with van der Waals surface area (Å²) in [6.07, 6.45) is 1.61. The molecule has 5 nitrogen and oxygen atoms in total. The minimum absolute atomic E-state index is 0.126. The van der Waals surface area contributed by atoms with Crippen LogP contribution in [-0.2, 0) is 0 Å². The summed E-state index contributed by atoms with van der Waals surface area (Å²) in [5.41, 5.74) is 3.18. The zero-order valence-corrected chi connectivity index (χ0v) is 13.0. The number of rotatable bonds is 4. The minimum atomic E-state index is -0.126. The van der Waals surface area contributed by atoms with Gasteiger partial charge in [0.15, 0.2) is 0 Å². The van der Waals surface area contributed by atoms with Gasteiger partial charge in [-0.3, -0.25) is 4.79 Å². The van der Waals surface area contributed by atoms with E-state index in [4.69, 9.17) is 4.74 Å². The fourth-order valence-corrected chi connectivity index (χ4v) is 2.30. The van der Waals surface area contributed by atoms with Crippen molar-refractivity contribution < 1.29 is 9.53 Å². The van der Waals surface area contributed by atoms with Crippen LogP contribution in [-0.4, -0.2) is 30.0 Å². The second-order valence-electron chi connectivity index (χ2n) is 5.07. The fourth-order valence-electron chi connectivity index (χ4n) is 2.30. The highest BCUT2D eigenvalue weighted by atomic mass is 16.5. The molecule has 1 aromatic carbocycles. The van der Waals surface area contributed by atoms with E-state index in [0.29, 0.717) is 17.3 Å². The number of benzene rings is 1. The molecule has 1 amide bonds. The van der Waals surface area contributed by atoms with Crippen molar-refractivity contribution in [3.05, 3.63) is 66.5 Å². The Morgan fingerprint density at radius 1 is 1.09 bits per heavy atom. The third-order valence-corrected chi connectivity index (χ3v) is 3.62. The Hall–Kier alpha value is -3.08. The number of carbonyl (C=O) groups is 1. The van der Waals surface area contributed by atoms with Gasteiger partial charge >= 0.3 is 0 Å². The first kappa shape index (κ1) is 14.8. The minimum Gasteiger partial charge on any atom is -0.481 e. The van der Waals surface area contributed by atoms with E-state index in [2.05, 4.69) is 9.97 Å². The lowest BCUT2D eigenvalue weighted by molar-refractivity contribution is 0.0989. The normalized spacial score (nSPS) is 10.3. The summed E-state index contributed by atoms with van der Waals surface area (Å²) < 4.78 is 5.03. The number of nitrogens with one attached hydrogen (secondary N) is 1. The molecular weight excluding hydrogens is 290 g/mol. The maximum atomic E-state index is 12.6. The molecule has 0 bridgehead atoms. The van der Waals surface area contributed by atoms with Crippen LogP contribution in [0.1, 0.15) is 10.5 Å². The first-order valence-electron chi connectivity index (χ1n) is 7.21. The topological polar surface area (TPSA) is 58.2 Å². The van der Waals surface area contributed by atoms with Gasteiger partial charge in [-0.15, -0.1) is 0 Å². The van der Waals surface area contributed by atoms with Gasteiger partial charge in [0.2, 0.25) is 5.88 Å². The molecule has 2 aromatic heterocycles.